The number of rotatable bonds is 5. The molecule has 1 fully saturated rings. The second-order valence-electron chi connectivity index (χ2n) is 6.27. The van der Waals surface area contributed by atoms with Crippen molar-refractivity contribution in [2.24, 2.45) is 11.1 Å². The van der Waals surface area contributed by atoms with Crippen molar-refractivity contribution >= 4 is 17.5 Å². The number of benzene rings is 2. The Kier molecular flexibility index (Phi) is 4.27. The first-order valence-corrected chi connectivity index (χ1v) is 8.50. The molecular weight excluding hydrogens is 348 g/mol. The number of para-hydroxylation sites is 1. The lowest BCUT2D eigenvalue weighted by atomic mass is 9.93. The Hall–Kier alpha value is -3.35. The number of methoxy groups -OCH3 is 2. The van der Waals surface area contributed by atoms with Crippen molar-refractivity contribution < 1.29 is 23.9 Å². The highest BCUT2D eigenvalue weighted by molar-refractivity contribution is 6.24. The van der Waals surface area contributed by atoms with Crippen molar-refractivity contribution in [1.29, 1.82) is 0 Å². The van der Waals surface area contributed by atoms with Crippen molar-refractivity contribution in [2.75, 3.05) is 14.2 Å². The van der Waals surface area contributed by atoms with Gasteiger partial charge in [-0.2, -0.15) is 0 Å². The number of hydrogen-bond acceptors (Lipinski definition) is 6. The van der Waals surface area contributed by atoms with E-state index in [9.17, 15) is 9.59 Å². The molecule has 0 saturated carbocycles. The predicted molar refractivity (Wildman–Crippen MR) is 96.4 cm³/mol. The van der Waals surface area contributed by atoms with E-state index < -0.39 is 12.0 Å². The van der Waals surface area contributed by atoms with Crippen molar-refractivity contribution in [1.82, 2.24) is 4.90 Å². The van der Waals surface area contributed by atoms with E-state index in [-0.39, 0.29) is 18.4 Å². The lowest BCUT2D eigenvalue weighted by Crippen LogP contribution is -2.32. The summed E-state index contributed by atoms with van der Waals surface area (Å²) < 4.78 is 10.8. The molecule has 138 valence electrons. The molecule has 7 heteroatoms. The third-order valence-corrected chi connectivity index (χ3v) is 4.77. The molecule has 0 radical (unpaired) electrons. The van der Waals surface area contributed by atoms with Crippen LogP contribution < -0.4 is 9.47 Å². The maximum Gasteiger partial charge on any atom is 0.274 e. The zero-order chi connectivity index (χ0) is 19.0. The Labute approximate surface area is 156 Å². The number of amides is 2. The molecule has 27 heavy (non-hydrogen) atoms. The molecule has 2 atom stereocenters. The molecule has 0 unspecified atom stereocenters. The molecule has 4 rings (SSSR count). The number of oxime groups is 1. The number of nitrogens with zero attached hydrogens (tertiary/aromatic N) is 2. The number of likely N-dealkylation sites (tertiary alicyclic amines) is 1. The summed E-state index contributed by atoms with van der Waals surface area (Å²) in [7, 11) is 3.04. The Bertz CT molecular complexity index is 925. The number of hydrogen-bond donors (Lipinski definition) is 0. The molecule has 7 nitrogen and oxygen atoms in total. The molecule has 2 aliphatic rings. The molecular formula is C20H18N2O5. The highest BCUT2D eigenvalue weighted by Crippen LogP contribution is 2.38. The Balaban J connectivity index is 1.67. The maximum atomic E-state index is 13.0. The Morgan fingerprint density at radius 1 is 1.00 bits per heavy atom. The zero-order valence-electron chi connectivity index (χ0n) is 14.9. The van der Waals surface area contributed by atoms with Crippen molar-refractivity contribution in [3.63, 3.8) is 0 Å². The molecule has 2 aliphatic heterocycles. The van der Waals surface area contributed by atoms with Crippen molar-refractivity contribution in [3.8, 4) is 11.5 Å². The van der Waals surface area contributed by atoms with Gasteiger partial charge in [0.2, 0.25) is 12.0 Å². The molecule has 0 N–H and O–H groups in total. The van der Waals surface area contributed by atoms with Gasteiger partial charge >= 0.3 is 0 Å². The van der Waals surface area contributed by atoms with Crippen LogP contribution >= 0.6 is 0 Å². The van der Waals surface area contributed by atoms with E-state index in [0.717, 1.165) is 5.56 Å². The Morgan fingerprint density at radius 2 is 1.78 bits per heavy atom. The quantitative estimate of drug-likeness (QED) is 0.757. The molecule has 2 aromatic carbocycles. The standard InChI is InChI=1S/C20H18N2O5/c1-25-14-10-6-9-13(17(14)26-2)16-15-18(27-21-16)20(24)22(19(15)23)11-12-7-4-3-5-8-12/h3-10,15,18H,11H2,1-2H3/t15-,18+/m1/s1. The fraction of sp³-hybridized carbons (Fsp3) is 0.250. The summed E-state index contributed by atoms with van der Waals surface area (Å²) in [6.07, 6.45) is -0.938. The van der Waals surface area contributed by atoms with E-state index in [4.69, 9.17) is 14.3 Å². The van der Waals surface area contributed by atoms with Crippen LogP contribution in [-0.4, -0.2) is 42.7 Å². The fourth-order valence-electron chi connectivity index (χ4n) is 3.47. The van der Waals surface area contributed by atoms with Gasteiger partial charge in [-0.05, 0) is 17.7 Å². The van der Waals surface area contributed by atoms with Gasteiger partial charge in [0, 0.05) is 5.56 Å². The highest BCUT2D eigenvalue weighted by atomic mass is 16.7. The SMILES string of the molecule is COc1cccc(C2=NO[C@@H]3C(=O)N(Cc4ccccc4)C(=O)[C@H]23)c1OC. The predicted octanol–water partition coefficient (Wildman–Crippen LogP) is 1.99. The smallest absolute Gasteiger partial charge is 0.274 e. The van der Waals surface area contributed by atoms with Gasteiger partial charge in [-0.25, -0.2) is 0 Å². The van der Waals surface area contributed by atoms with Gasteiger partial charge in [0.15, 0.2) is 11.5 Å². The lowest BCUT2D eigenvalue weighted by Gasteiger charge is -2.16. The molecule has 1 saturated heterocycles. The summed E-state index contributed by atoms with van der Waals surface area (Å²) in [5.74, 6) is -0.532. The Morgan fingerprint density at radius 3 is 2.48 bits per heavy atom. The molecule has 0 aromatic heterocycles. The van der Waals surface area contributed by atoms with Crippen LogP contribution in [0.15, 0.2) is 53.7 Å². The summed E-state index contributed by atoms with van der Waals surface area (Å²) in [6.45, 7) is 0.206. The molecule has 2 aromatic rings. The van der Waals surface area contributed by atoms with Gasteiger partial charge in [-0.15, -0.1) is 0 Å². The fourth-order valence-corrected chi connectivity index (χ4v) is 3.47. The maximum absolute atomic E-state index is 13.0. The highest BCUT2D eigenvalue weighted by Gasteiger charge is 2.56. The molecule has 0 spiro atoms. The number of ether oxygens (including phenoxy) is 2. The van der Waals surface area contributed by atoms with E-state index >= 15 is 0 Å². The van der Waals surface area contributed by atoms with Crippen molar-refractivity contribution in [3.05, 3.63) is 59.7 Å². The number of fused-ring (bicyclic) bond motifs is 1. The normalized spacial score (nSPS) is 21.0. The summed E-state index contributed by atoms with van der Waals surface area (Å²) in [5, 5.41) is 4.03. The zero-order valence-corrected chi connectivity index (χ0v) is 14.9. The second-order valence-corrected chi connectivity index (χ2v) is 6.27. The first-order valence-electron chi connectivity index (χ1n) is 8.50. The summed E-state index contributed by atoms with van der Waals surface area (Å²) in [4.78, 5) is 32.3. The summed E-state index contributed by atoms with van der Waals surface area (Å²) in [6, 6.07) is 14.6. The molecule has 0 bridgehead atoms. The van der Waals surface area contributed by atoms with Gasteiger partial charge in [0.25, 0.3) is 5.91 Å². The van der Waals surface area contributed by atoms with Gasteiger partial charge in [0.1, 0.15) is 11.6 Å². The minimum absolute atomic E-state index is 0.206. The van der Waals surface area contributed by atoms with E-state index in [1.165, 1.54) is 19.1 Å². The number of carbonyl (C=O) groups excluding carboxylic acids is 2. The van der Waals surface area contributed by atoms with E-state index in [0.29, 0.717) is 22.8 Å². The summed E-state index contributed by atoms with van der Waals surface area (Å²) in [5.41, 5.74) is 1.83. The number of imide groups is 1. The van der Waals surface area contributed by atoms with Gasteiger partial charge in [0.05, 0.1) is 20.8 Å². The van der Waals surface area contributed by atoms with Crippen LogP contribution in [0.2, 0.25) is 0 Å². The average molecular weight is 366 g/mol. The van der Waals surface area contributed by atoms with Gasteiger partial charge < -0.3 is 14.3 Å². The minimum Gasteiger partial charge on any atom is -0.493 e. The lowest BCUT2D eigenvalue weighted by molar-refractivity contribution is -0.142. The monoisotopic (exact) mass is 366 g/mol. The number of carbonyl (C=O) groups is 2. The largest absolute Gasteiger partial charge is 0.493 e. The first-order chi connectivity index (χ1) is 13.2. The third-order valence-electron chi connectivity index (χ3n) is 4.77. The van der Waals surface area contributed by atoms with E-state index in [1.807, 2.05) is 30.3 Å². The molecule has 2 heterocycles. The van der Waals surface area contributed by atoms with Crippen LogP contribution in [0.4, 0.5) is 0 Å². The summed E-state index contributed by atoms with van der Waals surface area (Å²) >= 11 is 0. The second kappa shape index (κ2) is 6.75. The average Bonchev–Trinajstić information content (AvgIpc) is 3.24. The molecule has 0 aliphatic carbocycles. The van der Waals surface area contributed by atoms with E-state index in [2.05, 4.69) is 5.16 Å². The van der Waals surface area contributed by atoms with Crippen LogP contribution in [0.5, 0.6) is 11.5 Å². The third kappa shape index (κ3) is 2.71. The van der Waals surface area contributed by atoms with Crippen LogP contribution in [-0.2, 0) is 21.0 Å². The van der Waals surface area contributed by atoms with Gasteiger partial charge in [-0.1, -0.05) is 41.6 Å². The first kappa shape index (κ1) is 17.1. The topological polar surface area (TPSA) is 77.4 Å². The van der Waals surface area contributed by atoms with Crippen LogP contribution in [0.25, 0.3) is 0 Å². The molecule has 2 amide bonds. The van der Waals surface area contributed by atoms with Gasteiger partial charge in [-0.3, -0.25) is 14.5 Å². The van der Waals surface area contributed by atoms with Crippen molar-refractivity contribution in [2.45, 2.75) is 12.6 Å². The van der Waals surface area contributed by atoms with E-state index in [1.54, 1.807) is 18.2 Å². The van der Waals surface area contributed by atoms with Crippen LogP contribution in [0, 0.1) is 5.92 Å². The van der Waals surface area contributed by atoms with Crippen LogP contribution in [0.1, 0.15) is 11.1 Å². The minimum atomic E-state index is -0.938. The van der Waals surface area contributed by atoms with Crippen LogP contribution in [0.3, 0.4) is 0 Å².